The molecule has 3 aromatic rings. The van der Waals surface area contributed by atoms with E-state index >= 15 is 0 Å². The first-order chi connectivity index (χ1) is 16.6. The number of carbonyl (C=O) groups is 2. The van der Waals surface area contributed by atoms with E-state index in [1.165, 1.54) is 34.8 Å². The molecule has 11 nitrogen and oxygen atoms in total. The summed E-state index contributed by atoms with van der Waals surface area (Å²) in [5.74, 6) is -1.32. The lowest BCUT2D eigenvalue weighted by Gasteiger charge is -2.31. The summed E-state index contributed by atoms with van der Waals surface area (Å²) in [6.45, 7) is 2.22. The maximum Gasteiger partial charge on any atom is 0.278 e. The van der Waals surface area contributed by atoms with Gasteiger partial charge in [0.15, 0.2) is 11.5 Å². The predicted octanol–water partition coefficient (Wildman–Crippen LogP) is 1.43. The summed E-state index contributed by atoms with van der Waals surface area (Å²) in [6, 6.07) is 12.4. The van der Waals surface area contributed by atoms with Crippen LogP contribution in [0.4, 0.5) is 11.5 Å². The lowest BCUT2D eigenvalue weighted by molar-refractivity contribution is 0.0995. The van der Waals surface area contributed by atoms with Crippen LogP contribution in [0.1, 0.15) is 20.8 Å². The van der Waals surface area contributed by atoms with Crippen molar-refractivity contribution in [3.63, 3.8) is 0 Å². The van der Waals surface area contributed by atoms with Crippen molar-refractivity contribution in [2.75, 3.05) is 44.3 Å². The van der Waals surface area contributed by atoms with Gasteiger partial charge in [0.05, 0.1) is 16.8 Å². The molecule has 36 heavy (non-hydrogen) atoms. The van der Waals surface area contributed by atoms with Crippen LogP contribution in [-0.2, 0) is 10.0 Å². The van der Waals surface area contributed by atoms with E-state index in [0.29, 0.717) is 43.1 Å². The number of nitrogens with one attached hydrogen (secondary N) is 1. The fourth-order valence-electron chi connectivity index (χ4n) is 3.62. The van der Waals surface area contributed by atoms with Gasteiger partial charge in [-0.3, -0.25) is 9.59 Å². The SMILES string of the molecule is CN1CCN(S(=O)(=O)c2ccc(-c3cnc(N)c(C(=O)Nc4cccc(C(N)=O)c4)n3)cc2)CC1.Cl. The summed E-state index contributed by atoms with van der Waals surface area (Å²) in [7, 11) is -1.65. The Morgan fingerprint density at radius 3 is 2.33 bits per heavy atom. The van der Waals surface area contributed by atoms with Crippen LogP contribution in [-0.4, -0.2) is 72.6 Å². The minimum absolute atomic E-state index is 0. The molecule has 13 heteroatoms. The summed E-state index contributed by atoms with van der Waals surface area (Å²) < 4.78 is 27.4. The van der Waals surface area contributed by atoms with Crippen molar-refractivity contribution in [1.29, 1.82) is 0 Å². The molecular weight excluding hydrogens is 506 g/mol. The topological polar surface area (TPSA) is 165 Å². The number of piperazine rings is 1. The van der Waals surface area contributed by atoms with Crippen LogP contribution >= 0.6 is 12.4 Å². The Kier molecular flexibility index (Phi) is 8.25. The highest BCUT2D eigenvalue weighted by molar-refractivity contribution is 7.89. The molecule has 1 aliphatic heterocycles. The molecular formula is C23H26ClN7O4S. The Bertz CT molecular complexity index is 1380. The largest absolute Gasteiger partial charge is 0.382 e. The Labute approximate surface area is 215 Å². The van der Waals surface area contributed by atoms with Gasteiger partial charge in [0.1, 0.15) is 0 Å². The van der Waals surface area contributed by atoms with Gasteiger partial charge in [-0.05, 0) is 37.4 Å². The third kappa shape index (κ3) is 5.79. The molecule has 2 aromatic carbocycles. The molecule has 0 spiro atoms. The normalized spacial score (nSPS) is 14.6. The number of hydrogen-bond donors (Lipinski definition) is 3. The van der Waals surface area contributed by atoms with Crippen LogP contribution in [0, 0.1) is 0 Å². The van der Waals surface area contributed by atoms with E-state index < -0.39 is 21.8 Å². The van der Waals surface area contributed by atoms with E-state index in [9.17, 15) is 18.0 Å². The van der Waals surface area contributed by atoms with Gasteiger partial charge in [0, 0.05) is 43.0 Å². The fourth-order valence-corrected chi connectivity index (χ4v) is 5.04. The summed E-state index contributed by atoms with van der Waals surface area (Å²) in [6.07, 6.45) is 1.41. The molecule has 5 N–H and O–H groups in total. The summed E-state index contributed by atoms with van der Waals surface area (Å²) in [5, 5.41) is 2.62. The number of aromatic nitrogens is 2. The number of nitrogen functional groups attached to an aromatic ring is 1. The van der Waals surface area contributed by atoms with Crippen LogP contribution in [0.2, 0.25) is 0 Å². The van der Waals surface area contributed by atoms with Gasteiger partial charge in [-0.2, -0.15) is 4.31 Å². The number of nitrogens with zero attached hydrogens (tertiary/aromatic N) is 4. The quantitative estimate of drug-likeness (QED) is 0.429. The van der Waals surface area contributed by atoms with Gasteiger partial charge >= 0.3 is 0 Å². The molecule has 0 atom stereocenters. The van der Waals surface area contributed by atoms with E-state index in [0.717, 1.165) is 0 Å². The average molecular weight is 532 g/mol. The molecule has 190 valence electrons. The van der Waals surface area contributed by atoms with Gasteiger partial charge in [0.25, 0.3) is 5.91 Å². The second kappa shape index (κ2) is 11.0. The van der Waals surface area contributed by atoms with Crippen molar-refractivity contribution in [3.8, 4) is 11.3 Å². The number of sulfonamides is 1. The predicted molar refractivity (Wildman–Crippen MR) is 138 cm³/mol. The zero-order chi connectivity index (χ0) is 25.2. The Morgan fingerprint density at radius 2 is 1.69 bits per heavy atom. The maximum absolute atomic E-state index is 13.0. The number of nitrogens with two attached hydrogens (primary N) is 2. The third-order valence-electron chi connectivity index (χ3n) is 5.67. The van der Waals surface area contributed by atoms with Gasteiger partial charge in [0.2, 0.25) is 15.9 Å². The smallest absolute Gasteiger partial charge is 0.278 e. The summed E-state index contributed by atoms with van der Waals surface area (Å²) in [4.78, 5) is 34.8. The summed E-state index contributed by atoms with van der Waals surface area (Å²) in [5.41, 5.74) is 12.5. The van der Waals surface area contributed by atoms with Crippen LogP contribution in [0.15, 0.2) is 59.6 Å². The van der Waals surface area contributed by atoms with Crippen molar-refractivity contribution in [3.05, 3.63) is 66.0 Å². The lowest BCUT2D eigenvalue weighted by Crippen LogP contribution is -2.46. The monoisotopic (exact) mass is 531 g/mol. The van der Waals surface area contributed by atoms with E-state index in [-0.39, 0.29) is 34.4 Å². The number of primary amides is 1. The highest BCUT2D eigenvalue weighted by atomic mass is 35.5. The Hall–Kier alpha value is -3.58. The number of carbonyl (C=O) groups excluding carboxylic acids is 2. The van der Waals surface area contributed by atoms with Crippen molar-refractivity contribution in [2.24, 2.45) is 5.73 Å². The van der Waals surface area contributed by atoms with Crippen molar-refractivity contribution in [1.82, 2.24) is 19.2 Å². The molecule has 1 saturated heterocycles. The highest BCUT2D eigenvalue weighted by Crippen LogP contribution is 2.24. The molecule has 0 saturated carbocycles. The molecule has 0 unspecified atom stereocenters. The van der Waals surface area contributed by atoms with Crippen molar-refractivity contribution < 1.29 is 18.0 Å². The number of rotatable bonds is 6. The average Bonchev–Trinajstić information content (AvgIpc) is 2.85. The molecule has 1 fully saturated rings. The zero-order valence-corrected chi connectivity index (χ0v) is 21.1. The Morgan fingerprint density at radius 1 is 1.03 bits per heavy atom. The lowest BCUT2D eigenvalue weighted by atomic mass is 10.1. The number of likely N-dealkylation sites (N-methyl/N-ethyl adjacent to an activating group) is 1. The van der Waals surface area contributed by atoms with E-state index in [1.54, 1.807) is 24.3 Å². The molecule has 2 amide bonds. The van der Waals surface area contributed by atoms with Gasteiger partial charge in [-0.1, -0.05) is 18.2 Å². The number of anilines is 2. The number of halogens is 1. The third-order valence-corrected chi connectivity index (χ3v) is 7.58. The molecule has 0 aliphatic carbocycles. The first-order valence-corrected chi connectivity index (χ1v) is 12.2. The summed E-state index contributed by atoms with van der Waals surface area (Å²) >= 11 is 0. The maximum atomic E-state index is 13.0. The molecule has 1 aromatic heterocycles. The van der Waals surface area contributed by atoms with E-state index in [2.05, 4.69) is 20.2 Å². The van der Waals surface area contributed by atoms with Crippen LogP contribution in [0.5, 0.6) is 0 Å². The first-order valence-electron chi connectivity index (χ1n) is 10.8. The van der Waals surface area contributed by atoms with Crippen molar-refractivity contribution in [2.45, 2.75) is 4.90 Å². The minimum Gasteiger partial charge on any atom is -0.382 e. The fraction of sp³-hybridized carbons (Fsp3) is 0.217. The van der Waals surface area contributed by atoms with Crippen LogP contribution in [0.3, 0.4) is 0 Å². The molecule has 1 aliphatic rings. The number of hydrogen-bond acceptors (Lipinski definition) is 8. The molecule has 0 bridgehead atoms. The first kappa shape index (κ1) is 27.0. The highest BCUT2D eigenvalue weighted by Gasteiger charge is 2.27. The molecule has 4 rings (SSSR count). The standard InChI is InChI=1S/C23H25N7O4S.ClH/c1-29-9-11-30(12-10-29)35(33,34)18-7-5-15(6-8-18)19-14-26-21(24)20(28-19)23(32)27-17-4-2-3-16(13-17)22(25)31;/h2-8,13-14H,9-12H2,1H3,(H2,24,26)(H2,25,31)(H,27,32);1H. The van der Waals surface area contributed by atoms with Crippen LogP contribution < -0.4 is 16.8 Å². The minimum atomic E-state index is -3.60. The van der Waals surface area contributed by atoms with Crippen molar-refractivity contribution >= 4 is 45.7 Å². The molecule has 2 heterocycles. The molecule has 0 radical (unpaired) electrons. The van der Waals surface area contributed by atoms with Crippen LogP contribution in [0.25, 0.3) is 11.3 Å². The second-order valence-electron chi connectivity index (χ2n) is 8.12. The van der Waals surface area contributed by atoms with Gasteiger partial charge in [-0.15, -0.1) is 12.4 Å². The number of benzene rings is 2. The van der Waals surface area contributed by atoms with E-state index in [1.807, 2.05) is 7.05 Å². The van der Waals surface area contributed by atoms with Gasteiger partial charge in [-0.25, -0.2) is 18.4 Å². The van der Waals surface area contributed by atoms with E-state index in [4.69, 9.17) is 11.5 Å². The Balaban J connectivity index is 0.00000361. The van der Waals surface area contributed by atoms with Gasteiger partial charge < -0.3 is 21.7 Å². The second-order valence-corrected chi connectivity index (χ2v) is 10.1. The number of amides is 2. The zero-order valence-electron chi connectivity index (χ0n) is 19.4.